The summed E-state index contributed by atoms with van der Waals surface area (Å²) in [5.74, 6) is 0.296. The molecule has 25 heavy (non-hydrogen) atoms. The van der Waals surface area contributed by atoms with Crippen LogP contribution in [0.2, 0.25) is 0 Å². The summed E-state index contributed by atoms with van der Waals surface area (Å²) in [6, 6.07) is 14.4. The Hall–Kier alpha value is -2.75. The van der Waals surface area contributed by atoms with Crippen molar-refractivity contribution in [2.75, 3.05) is 31.1 Å². The first-order valence-corrected chi connectivity index (χ1v) is 8.69. The number of nitrogens with zero attached hydrogens (tertiary/aromatic N) is 3. The summed E-state index contributed by atoms with van der Waals surface area (Å²) < 4.78 is 0. The Bertz CT molecular complexity index is 744. The lowest BCUT2D eigenvalue weighted by Gasteiger charge is -2.34. The average Bonchev–Trinajstić information content (AvgIpc) is 2.64. The summed E-state index contributed by atoms with van der Waals surface area (Å²) in [5, 5.41) is 16.9. The second-order valence-corrected chi connectivity index (χ2v) is 6.37. The lowest BCUT2D eigenvalue weighted by Crippen LogP contribution is -2.44. The maximum Gasteiger partial charge on any atom is 0.127 e. The van der Waals surface area contributed by atoms with Gasteiger partial charge in [-0.1, -0.05) is 35.9 Å². The van der Waals surface area contributed by atoms with E-state index in [0.717, 1.165) is 37.3 Å². The summed E-state index contributed by atoms with van der Waals surface area (Å²) >= 11 is 0. The Morgan fingerprint density at radius 2 is 1.80 bits per heavy atom. The van der Waals surface area contributed by atoms with Crippen molar-refractivity contribution < 1.29 is 5.11 Å². The molecule has 0 aliphatic carbocycles. The molecule has 0 spiro atoms. The molecule has 3 rings (SSSR count). The minimum Gasteiger partial charge on any atom is -0.507 e. The second-order valence-electron chi connectivity index (χ2n) is 6.37. The number of hydrazone groups is 1. The number of phenolic OH excluding ortho intramolecular Hbond substituents is 1. The molecule has 0 atom stereocenters. The van der Waals surface area contributed by atoms with Crippen LogP contribution in [0.5, 0.6) is 5.75 Å². The van der Waals surface area contributed by atoms with E-state index < -0.39 is 0 Å². The van der Waals surface area contributed by atoms with Gasteiger partial charge in [0.15, 0.2) is 0 Å². The molecule has 2 aromatic rings. The number of aromatic hydroxyl groups is 1. The van der Waals surface area contributed by atoms with Crippen molar-refractivity contribution in [3.05, 3.63) is 71.8 Å². The molecule has 0 unspecified atom stereocenters. The van der Waals surface area contributed by atoms with Crippen LogP contribution in [0.15, 0.2) is 60.2 Å². The Morgan fingerprint density at radius 3 is 2.48 bits per heavy atom. The number of benzene rings is 2. The molecular formula is C21H25N3O. The zero-order valence-corrected chi connectivity index (χ0v) is 14.7. The molecule has 0 aromatic heterocycles. The Balaban J connectivity index is 1.60. The number of piperazine rings is 1. The minimum atomic E-state index is 0.296. The van der Waals surface area contributed by atoms with Gasteiger partial charge in [-0.3, -0.25) is 5.01 Å². The van der Waals surface area contributed by atoms with E-state index in [-0.39, 0.29) is 0 Å². The number of allylic oxidation sites excluding steroid dienone is 1. The summed E-state index contributed by atoms with van der Waals surface area (Å²) in [6.45, 7) is 9.47. The number of aryl methyl sites for hydroxylation is 1. The number of phenols is 1. The highest BCUT2D eigenvalue weighted by Crippen LogP contribution is 2.22. The number of hydrogen-bond donors (Lipinski definition) is 1. The zero-order valence-electron chi connectivity index (χ0n) is 14.7. The minimum absolute atomic E-state index is 0.296. The van der Waals surface area contributed by atoms with E-state index in [2.05, 4.69) is 52.8 Å². The Labute approximate surface area is 149 Å². The molecule has 1 saturated heterocycles. The molecule has 0 bridgehead atoms. The van der Waals surface area contributed by atoms with Crippen molar-refractivity contribution in [3.63, 3.8) is 0 Å². The van der Waals surface area contributed by atoms with Crippen molar-refractivity contribution in [1.29, 1.82) is 0 Å². The fourth-order valence-corrected chi connectivity index (χ4v) is 3.00. The molecule has 2 aromatic carbocycles. The monoisotopic (exact) mass is 335 g/mol. The van der Waals surface area contributed by atoms with Gasteiger partial charge in [-0.15, -0.1) is 6.58 Å². The van der Waals surface area contributed by atoms with Gasteiger partial charge in [-0.25, -0.2) is 0 Å². The number of anilines is 1. The van der Waals surface area contributed by atoms with E-state index in [1.807, 2.05) is 18.2 Å². The van der Waals surface area contributed by atoms with E-state index in [0.29, 0.717) is 12.2 Å². The Kier molecular flexibility index (Phi) is 5.39. The fourth-order valence-electron chi connectivity index (χ4n) is 3.00. The largest absolute Gasteiger partial charge is 0.507 e. The van der Waals surface area contributed by atoms with Gasteiger partial charge in [0.2, 0.25) is 0 Å². The first-order chi connectivity index (χ1) is 12.2. The molecule has 0 amide bonds. The second kappa shape index (κ2) is 7.88. The first-order valence-electron chi connectivity index (χ1n) is 8.69. The maximum absolute atomic E-state index is 10.3. The van der Waals surface area contributed by atoms with Crippen LogP contribution in [0.1, 0.15) is 16.7 Å². The molecule has 1 fully saturated rings. The van der Waals surface area contributed by atoms with Gasteiger partial charge in [-0.05, 0) is 37.1 Å². The summed E-state index contributed by atoms with van der Waals surface area (Å²) in [5.41, 5.74) is 4.18. The lowest BCUT2D eigenvalue weighted by atomic mass is 10.1. The quantitative estimate of drug-likeness (QED) is 0.670. The highest BCUT2D eigenvalue weighted by atomic mass is 16.3. The van der Waals surface area contributed by atoms with Crippen LogP contribution < -0.4 is 4.90 Å². The van der Waals surface area contributed by atoms with Crippen LogP contribution in [0.25, 0.3) is 0 Å². The summed E-state index contributed by atoms with van der Waals surface area (Å²) in [7, 11) is 0. The van der Waals surface area contributed by atoms with Crippen molar-refractivity contribution in [1.82, 2.24) is 5.01 Å². The van der Waals surface area contributed by atoms with Crippen LogP contribution >= 0.6 is 0 Å². The van der Waals surface area contributed by atoms with Crippen LogP contribution in [-0.2, 0) is 6.42 Å². The predicted molar refractivity (Wildman–Crippen MR) is 105 cm³/mol. The van der Waals surface area contributed by atoms with Gasteiger partial charge in [0, 0.05) is 24.3 Å². The van der Waals surface area contributed by atoms with Crippen molar-refractivity contribution in [2.45, 2.75) is 13.3 Å². The van der Waals surface area contributed by atoms with Crippen LogP contribution in [-0.4, -0.2) is 42.5 Å². The number of rotatable bonds is 5. The molecule has 130 valence electrons. The number of hydrogen-bond acceptors (Lipinski definition) is 4. The van der Waals surface area contributed by atoms with Crippen molar-refractivity contribution in [2.24, 2.45) is 5.10 Å². The van der Waals surface area contributed by atoms with Crippen LogP contribution in [0.4, 0.5) is 5.69 Å². The zero-order chi connectivity index (χ0) is 17.6. The molecule has 1 N–H and O–H groups in total. The van der Waals surface area contributed by atoms with E-state index in [9.17, 15) is 5.11 Å². The van der Waals surface area contributed by atoms with Gasteiger partial charge < -0.3 is 10.0 Å². The van der Waals surface area contributed by atoms with Gasteiger partial charge in [-0.2, -0.15) is 5.10 Å². The normalized spacial score (nSPS) is 14.9. The smallest absolute Gasteiger partial charge is 0.127 e. The number of para-hydroxylation sites is 1. The molecule has 4 heteroatoms. The van der Waals surface area contributed by atoms with Crippen LogP contribution in [0.3, 0.4) is 0 Å². The van der Waals surface area contributed by atoms with E-state index >= 15 is 0 Å². The van der Waals surface area contributed by atoms with Crippen molar-refractivity contribution in [3.8, 4) is 5.75 Å². The highest BCUT2D eigenvalue weighted by molar-refractivity contribution is 5.83. The van der Waals surface area contributed by atoms with Gasteiger partial charge in [0.05, 0.1) is 19.3 Å². The fraction of sp³-hybridized carbons (Fsp3) is 0.286. The highest BCUT2D eigenvalue weighted by Gasteiger charge is 2.15. The van der Waals surface area contributed by atoms with Crippen molar-refractivity contribution >= 4 is 11.9 Å². The average molecular weight is 335 g/mol. The predicted octanol–water partition coefficient (Wildman–Crippen LogP) is 3.59. The third-order valence-corrected chi connectivity index (χ3v) is 4.53. The maximum atomic E-state index is 10.3. The third-order valence-electron chi connectivity index (χ3n) is 4.53. The van der Waals surface area contributed by atoms with Crippen LogP contribution in [0, 0.1) is 6.92 Å². The van der Waals surface area contributed by atoms with E-state index in [4.69, 9.17) is 0 Å². The molecular weight excluding hydrogens is 310 g/mol. The topological polar surface area (TPSA) is 39.1 Å². The third kappa shape index (κ3) is 4.21. The van der Waals surface area contributed by atoms with E-state index in [1.165, 1.54) is 11.3 Å². The first kappa shape index (κ1) is 17.1. The molecule has 1 aliphatic rings. The lowest BCUT2D eigenvalue weighted by molar-refractivity contribution is 0.272. The van der Waals surface area contributed by atoms with Gasteiger partial charge in [0.25, 0.3) is 0 Å². The molecule has 1 aliphatic heterocycles. The Morgan fingerprint density at radius 1 is 1.08 bits per heavy atom. The summed E-state index contributed by atoms with van der Waals surface area (Å²) in [6.07, 6.45) is 4.20. The SMILES string of the molecule is C=CCc1cccc(/C=N\N2CCN(c3ccc(C)cc3)CC2)c1O. The molecule has 4 nitrogen and oxygen atoms in total. The van der Waals surface area contributed by atoms with Gasteiger partial charge in [0.1, 0.15) is 5.75 Å². The summed E-state index contributed by atoms with van der Waals surface area (Å²) in [4.78, 5) is 2.38. The molecule has 0 saturated carbocycles. The molecule has 0 radical (unpaired) electrons. The standard InChI is InChI=1S/C21H25N3O/c1-3-5-18-6-4-7-19(21(18)25)16-22-24-14-12-23(13-15-24)20-10-8-17(2)9-11-20/h3-4,6-11,16,25H,1,5,12-15H2,2H3/b22-16-. The van der Waals surface area contributed by atoms with Gasteiger partial charge >= 0.3 is 0 Å². The van der Waals surface area contributed by atoms with E-state index in [1.54, 1.807) is 12.3 Å². The molecule has 1 heterocycles.